The molecule has 0 saturated carbocycles. The highest BCUT2D eigenvalue weighted by Crippen LogP contribution is 2.48. The summed E-state index contributed by atoms with van der Waals surface area (Å²) in [6, 6.07) is 14.8. The summed E-state index contributed by atoms with van der Waals surface area (Å²) < 4.78 is 30.0. The molecule has 6 heterocycles. The number of H-pyrrole nitrogens is 2. The maximum absolute atomic E-state index is 16.3. The predicted octanol–water partition coefficient (Wildman–Crippen LogP) is 9.34. The number of rotatable bonds is 10. The van der Waals surface area contributed by atoms with Crippen LogP contribution >= 0.6 is 23.1 Å². The van der Waals surface area contributed by atoms with Crippen molar-refractivity contribution in [1.29, 1.82) is 0 Å². The fraction of sp³-hybridized carbons (Fsp3) is 0.366. The first-order valence-corrected chi connectivity index (χ1v) is 20.6. The second-order valence-electron chi connectivity index (χ2n) is 14.7. The molecule has 55 heavy (non-hydrogen) atoms. The lowest BCUT2D eigenvalue weighted by Crippen LogP contribution is -2.55. The summed E-state index contributed by atoms with van der Waals surface area (Å²) in [6.45, 7) is 8.65. The van der Waals surface area contributed by atoms with Crippen LogP contribution in [-0.4, -0.2) is 67.4 Å². The van der Waals surface area contributed by atoms with E-state index in [-0.39, 0.29) is 17.8 Å². The molecule has 2 aliphatic heterocycles. The molecule has 11 nitrogen and oxygen atoms in total. The van der Waals surface area contributed by atoms with Crippen LogP contribution in [0.2, 0.25) is 0 Å². The number of likely N-dealkylation sites (tertiary alicyclic amines) is 1. The van der Waals surface area contributed by atoms with Crippen molar-refractivity contribution in [3.05, 3.63) is 82.3 Å². The Morgan fingerprint density at radius 1 is 1.09 bits per heavy atom. The van der Waals surface area contributed by atoms with Gasteiger partial charge < -0.3 is 29.7 Å². The van der Waals surface area contributed by atoms with Crippen molar-refractivity contribution in [1.82, 2.24) is 34.7 Å². The topological polar surface area (TPSA) is 130 Å². The van der Waals surface area contributed by atoms with E-state index < -0.39 is 23.8 Å². The molecule has 4 aromatic heterocycles. The number of halogens is 1. The summed E-state index contributed by atoms with van der Waals surface area (Å²) in [6.07, 6.45) is 7.49. The number of benzene rings is 2. The zero-order chi connectivity index (χ0) is 38.6. The number of nitrogens with one attached hydrogen (secondary N) is 3. The molecule has 6 aromatic rings. The number of amides is 2. The molecule has 2 amide bonds. The van der Waals surface area contributed by atoms with Crippen LogP contribution in [0, 0.1) is 11.2 Å². The normalized spacial score (nSPS) is 17.2. The van der Waals surface area contributed by atoms with Crippen molar-refractivity contribution in [2.45, 2.75) is 76.8 Å². The first-order valence-electron chi connectivity index (χ1n) is 18.6. The number of thioether (sulfide) groups is 1. The minimum absolute atomic E-state index is 0.152. The van der Waals surface area contributed by atoms with Gasteiger partial charge in [0, 0.05) is 27.9 Å². The number of alkyl carbamates (subject to hydrolysis) is 1. The summed E-state index contributed by atoms with van der Waals surface area (Å²) in [5.41, 5.74) is 4.66. The molecule has 0 radical (unpaired) electrons. The molecule has 0 spiro atoms. The zero-order valence-corrected chi connectivity index (χ0v) is 33.3. The van der Waals surface area contributed by atoms with Crippen LogP contribution < -0.4 is 10.1 Å². The van der Waals surface area contributed by atoms with Crippen LogP contribution in [0.15, 0.2) is 66.1 Å². The van der Waals surface area contributed by atoms with Gasteiger partial charge in [-0.15, -0.1) is 11.3 Å². The summed E-state index contributed by atoms with van der Waals surface area (Å²) in [4.78, 5) is 46.3. The smallest absolute Gasteiger partial charge is 0.407 e. The van der Waals surface area contributed by atoms with E-state index in [4.69, 9.17) is 14.5 Å². The van der Waals surface area contributed by atoms with Gasteiger partial charge in [0.15, 0.2) is 5.16 Å². The quantitative estimate of drug-likeness (QED) is 0.118. The van der Waals surface area contributed by atoms with Crippen LogP contribution in [0.4, 0.5) is 9.18 Å². The molecule has 286 valence electrons. The van der Waals surface area contributed by atoms with E-state index in [1.54, 1.807) is 23.7 Å². The summed E-state index contributed by atoms with van der Waals surface area (Å²) in [5, 5.41) is 4.47. The van der Waals surface area contributed by atoms with Crippen molar-refractivity contribution in [2.24, 2.45) is 5.41 Å². The number of ether oxygens (including phenoxy) is 2. The minimum Gasteiger partial charge on any atom is -0.464 e. The highest BCUT2D eigenvalue weighted by molar-refractivity contribution is 7.98. The van der Waals surface area contributed by atoms with E-state index in [1.807, 2.05) is 56.2 Å². The van der Waals surface area contributed by atoms with Crippen LogP contribution in [0.1, 0.15) is 74.8 Å². The number of imidazole rings is 2. The first-order chi connectivity index (χ1) is 26.5. The Labute approximate surface area is 327 Å². The number of carbonyl (C=O) groups excluding carboxylic acids is 2. The van der Waals surface area contributed by atoms with Gasteiger partial charge in [-0.3, -0.25) is 9.36 Å². The second-order valence-corrected chi connectivity index (χ2v) is 16.7. The van der Waals surface area contributed by atoms with Crippen LogP contribution in [0.3, 0.4) is 0 Å². The minimum atomic E-state index is -0.751. The molecule has 14 heteroatoms. The number of carbonyl (C=O) groups is 2. The van der Waals surface area contributed by atoms with Crippen LogP contribution in [-0.2, 0) is 16.0 Å². The largest absolute Gasteiger partial charge is 0.464 e. The Morgan fingerprint density at radius 2 is 1.89 bits per heavy atom. The van der Waals surface area contributed by atoms with Crippen molar-refractivity contribution >= 4 is 46.0 Å². The second kappa shape index (κ2) is 14.5. The number of thiophene rings is 1. The van der Waals surface area contributed by atoms with Gasteiger partial charge in [0.25, 0.3) is 0 Å². The van der Waals surface area contributed by atoms with Crippen LogP contribution in [0.5, 0.6) is 5.75 Å². The van der Waals surface area contributed by atoms with Crippen LogP contribution in [0.25, 0.3) is 44.7 Å². The molecular weight excluding hydrogens is 738 g/mol. The Morgan fingerprint density at radius 3 is 2.62 bits per heavy atom. The van der Waals surface area contributed by atoms with E-state index in [1.165, 1.54) is 29.8 Å². The number of fused-ring (bicyclic) bond motifs is 5. The third kappa shape index (κ3) is 6.58. The lowest BCUT2D eigenvalue weighted by Gasteiger charge is -2.36. The van der Waals surface area contributed by atoms with Crippen molar-refractivity contribution in [3.63, 3.8) is 0 Å². The first kappa shape index (κ1) is 36.9. The van der Waals surface area contributed by atoms with E-state index >= 15 is 4.39 Å². The number of hydrogen-bond acceptors (Lipinski definition) is 8. The van der Waals surface area contributed by atoms with Gasteiger partial charge >= 0.3 is 6.09 Å². The molecule has 2 aliphatic rings. The highest BCUT2D eigenvalue weighted by Gasteiger charge is 2.42. The third-order valence-corrected chi connectivity index (χ3v) is 13.0. The molecule has 3 N–H and O–H groups in total. The number of methoxy groups -OCH3 is 1. The van der Waals surface area contributed by atoms with E-state index in [9.17, 15) is 9.59 Å². The fourth-order valence-corrected chi connectivity index (χ4v) is 9.01. The summed E-state index contributed by atoms with van der Waals surface area (Å²) in [7, 11) is 1.30. The summed E-state index contributed by atoms with van der Waals surface area (Å²) in [5.74, 6) is 0.634. The molecule has 8 rings (SSSR count). The Bertz CT molecular complexity index is 2410. The van der Waals surface area contributed by atoms with E-state index in [2.05, 4.69) is 50.0 Å². The van der Waals surface area contributed by atoms with E-state index in [0.717, 1.165) is 62.8 Å². The SMILES string of the molecule is CCc1ccc(C2Oc3cc(-c4cnc(SC)[nH]4)cc(F)c3-c3cc4cc(-c5cnc(C6CCCN6C(=O)C(NC(=O)OC)C(C)(C)CC)[nH]5)ccc4n32)s1. The Balaban J connectivity index is 1.15. The van der Waals surface area contributed by atoms with Crippen molar-refractivity contribution in [3.8, 4) is 39.5 Å². The number of aromatic nitrogens is 5. The molecular formula is C41H44FN7O4S2. The molecule has 3 atom stereocenters. The van der Waals surface area contributed by atoms with Gasteiger partial charge in [-0.05, 0) is 79.8 Å². The van der Waals surface area contributed by atoms with E-state index in [0.29, 0.717) is 35.7 Å². The van der Waals surface area contributed by atoms with Gasteiger partial charge in [0.05, 0.1) is 58.6 Å². The van der Waals surface area contributed by atoms with Crippen molar-refractivity contribution in [2.75, 3.05) is 19.9 Å². The molecule has 1 fully saturated rings. The van der Waals surface area contributed by atoms with Gasteiger partial charge in [-0.25, -0.2) is 19.2 Å². The molecule has 2 aromatic carbocycles. The fourth-order valence-electron chi connectivity index (χ4n) is 7.66. The van der Waals surface area contributed by atoms with Gasteiger partial charge in [-0.2, -0.15) is 0 Å². The van der Waals surface area contributed by atoms with Gasteiger partial charge in [-0.1, -0.05) is 45.5 Å². The monoisotopic (exact) mass is 781 g/mol. The maximum atomic E-state index is 16.3. The predicted molar refractivity (Wildman–Crippen MR) is 214 cm³/mol. The number of nitrogens with zero attached hydrogens (tertiary/aromatic N) is 4. The van der Waals surface area contributed by atoms with Gasteiger partial charge in [0.2, 0.25) is 12.1 Å². The molecule has 3 unspecified atom stereocenters. The Hall–Kier alpha value is -5.08. The third-order valence-electron chi connectivity index (χ3n) is 11.1. The average molecular weight is 782 g/mol. The number of hydrogen-bond donors (Lipinski definition) is 3. The number of aromatic amines is 2. The zero-order valence-electron chi connectivity index (χ0n) is 31.7. The Kier molecular flexibility index (Phi) is 9.74. The highest BCUT2D eigenvalue weighted by atomic mass is 32.2. The molecule has 1 saturated heterocycles. The lowest BCUT2D eigenvalue weighted by atomic mass is 9.81. The number of aryl methyl sites for hydroxylation is 1. The average Bonchev–Trinajstić information content (AvgIpc) is 4.04. The lowest BCUT2D eigenvalue weighted by molar-refractivity contribution is -0.137. The summed E-state index contributed by atoms with van der Waals surface area (Å²) >= 11 is 3.19. The maximum Gasteiger partial charge on any atom is 0.407 e. The standard InChI is InChI=1S/C41H44FN7O4S2/c1-7-25-12-14-33(55-25)38-49-29-13-11-22(16-24(29)18-31(49)34-26(42)17-23(19-32(34)53-38)28-21-44-39(46-28)54-6)27-20-43-36(45-27)30-10-9-15-48(30)37(50)35(41(3,4)8-2)47-40(51)52-5/h11-14,16-21,30,35,38H,7-10,15H2,1-6H3,(H,43,45)(H,44,46)(H,47,51). The molecule has 0 bridgehead atoms. The molecule has 0 aliphatic carbocycles. The van der Waals surface area contributed by atoms with Crippen molar-refractivity contribution < 1.29 is 23.5 Å². The van der Waals surface area contributed by atoms with Gasteiger partial charge in [0.1, 0.15) is 23.4 Å².